The van der Waals surface area contributed by atoms with E-state index in [9.17, 15) is 18.5 Å². The Kier molecular flexibility index (Phi) is 6.49. The van der Waals surface area contributed by atoms with E-state index in [2.05, 4.69) is 4.72 Å². The van der Waals surface area contributed by atoms with Crippen molar-refractivity contribution in [2.75, 3.05) is 13.2 Å². The molecule has 0 aromatic heterocycles. The van der Waals surface area contributed by atoms with Crippen LogP contribution in [0.15, 0.2) is 53.4 Å². The maximum absolute atomic E-state index is 12.1. The van der Waals surface area contributed by atoms with Gasteiger partial charge in [-0.05, 0) is 44.0 Å². The van der Waals surface area contributed by atoms with Gasteiger partial charge in [-0.15, -0.1) is 0 Å². The average Bonchev–Trinajstić information content (AvgIpc) is 2.58. The Labute approximate surface area is 146 Å². The molecule has 7 nitrogen and oxygen atoms in total. The summed E-state index contributed by atoms with van der Waals surface area (Å²) in [4.78, 5) is 10.3. The predicted molar refractivity (Wildman–Crippen MR) is 94.2 cm³/mol. The van der Waals surface area contributed by atoms with Gasteiger partial charge in [0, 0.05) is 18.7 Å². The van der Waals surface area contributed by atoms with Crippen molar-refractivity contribution in [3.63, 3.8) is 0 Å². The third-order valence-electron chi connectivity index (χ3n) is 3.51. The maximum Gasteiger partial charge on any atom is 0.269 e. The minimum absolute atomic E-state index is 0.0119. The standard InChI is InChI=1S/C17H20N2O5S/c1-14-4-10-17(11-5-14)25(22,23)18-12-2-3-13-24-16-8-6-15(7-9-16)19(20)21/h4-11,18H,2-3,12-13H2,1H3. The molecule has 0 unspecified atom stereocenters. The zero-order valence-electron chi connectivity index (χ0n) is 13.8. The van der Waals surface area contributed by atoms with Crippen molar-refractivity contribution >= 4 is 15.7 Å². The van der Waals surface area contributed by atoms with Crippen LogP contribution in [0, 0.1) is 17.0 Å². The second-order valence-electron chi connectivity index (χ2n) is 5.52. The highest BCUT2D eigenvalue weighted by Gasteiger charge is 2.12. The molecular weight excluding hydrogens is 344 g/mol. The van der Waals surface area contributed by atoms with Gasteiger partial charge in [0.15, 0.2) is 0 Å². The van der Waals surface area contributed by atoms with Gasteiger partial charge in [-0.3, -0.25) is 10.1 Å². The number of non-ortho nitro benzene ring substituents is 1. The number of nitro benzene ring substituents is 1. The molecule has 134 valence electrons. The van der Waals surface area contributed by atoms with Gasteiger partial charge in [0.1, 0.15) is 5.75 Å². The Hall–Kier alpha value is -2.45. The number of nitrogens with zero attached hydrogens (tertiary/aromatic N) is 1. The zero-order chi connectivity index (χ0) is 18.3. The summed E-state index contributed by atoms with van der Waals surface area (Å²) in [7, 11) is -3.48. The lowest BCUT2D eigenvalue weighted by Gasteiger charge is -2.08. The minimum Gasteiger partial charge on any atom is -0.494 e. The van der Waals surface area contributed by atoms with E-state index in [0.717, 1.165) is 5.56 Å². The van der Waals surface area contributed by atoms with E-state index in [1.54, 1.807) is 24.3 Å². The first-order chi connectivity index (χ1) is 11.9. The molecule has 2 aromatic rings. The van der Waals surface area contributed by atoms with Crippen molar-refractivity contribution in [3.8, 4) is 5.75 Å². The van der Waals surface area contributed by atoms with Gasteiger partial charge in [0.05, 0.1) is 16.4 Å². The molecule has 0 bridgehead atoms. The fourth-order valence-corrected chi connectivity index (χ4v) is 3.16. The highest BCUT2D eigenvalue weighted by atomic mass is 32.2. The van der Waals surface area contributed by atoms with Crippen LogP contribution in [0.1, 0.15) is 18.4 Å². The molecule has 8 heteroatoms. The lowest BCUT2D eigenvalue weighted by molar-refractivity contribution is -0.384. The van der Waals surface area contributed by atoms with E-state index < -0.39 is 14.9 Å². The van der Waals surface area contributed by atoms with Crippen LogP contribution in [0.25, 0.3) is 0 Å². The van der Waals surface area contributed by atoms with Gasteiger partial charge >= 0.3 is 0 Å². The Morgan fingerprint density at radius 2 is 1.68 bits per heavy atom. The van der Waals surface area contributed by atoms with Crippen LogP contribution in [0.5, 0.6) is 5.75 Å². The molecule has 0 saturated carbocycles. The van der Waals surface area contributed by atoms with Crippen LogP contribution in [0.3, 0.4) is 0 Å². The first-order valence-electron chi connectivity index (χ1n) is 7.82. The van der Waals surface area contributed by atoms with Crippen molar-refractivity contribution in [2.24, 2.45) is 0 Å². The highest BCUT2D eigenvalue weighted by Crippen LogP contribution is 2.17. The number of unbranched alkanes of at least 4 members (excludes halogenated alkanes) is 1. The quantitative estimate of drug-likeness (QED) is 0.419. The Morgan fingerprint density at radius 1 is 1.04 bits per heavy atom. The average molecular weight is 364 g/mol. The summed E-state index contributed by atoms with van der Waals surface area (Å²) < 4.78 is 32.2. The van der Waals surface area contributed by atoms with Crippen LogP contribution in [-0.2, 0) is 10.0 Å². The fraction of sp³-hybridized carbons (Fsp3) is 0.294. The molecule has 0 spiro atoms. The summed E-state index contributed by atoms with van der Waals surface area (Å²) in [5, 5.41) is 10.6. The highest BCUT2D eigenvalue weighted by molar-refractivity contribution is 7.89. The first kappa shape index (κ1) is 18.9. The van der Waals surface area contributed by atoms with Gasteiger partial charge < -0.3 is 4.74 Å². The van der Waals surface area contributed by atoms with E-state index in [1.165, 1.54) is 24.3 Å². The molecule has 0 amide bonds. The van der Waals surface area contributed by atoms with E-state index in [4.69, 9.17) is 4.74 Å². The Morgan fingerprint density at radius 3 is 2.28 bits per heavy atom. The van der Waals surface area contributed by atoms with E-state index in [1.807, 2.05) is 6.92 Å². The Bertz CT molecular complexity index is 802. The number of sulfonamides is 1. The fourth-order valence-electron chi connectivity index (χ4n) is 2.09. The number of benzene rings is 2. The van der Waals surface area contributed by atoms with E-state index in [0.29, 0.717) is 31.7 Å². The van der Waals surface area contributed by atoms with E-state index >= 15 is 0 Å². The van der Waals surface area contributed by atoms with Crippen molar-refractivity contribution in [3.05, 3.63) is 64.2 Å². The predicted octanol–water partition coefficient (Wildman–Crippen LogP) is 3.04. The first-order valence-corrected chi connectivity index (χ1v) is 9.30. The maximum atomic E-state index is 12.1. The van der Waals surface area contributed by atoms with Crippen LogP contribution >= 0.6 is 0 Å². The molecule has 0 fully saturated rings. The van der Waals surface area contributed by atoms with Gasteiger partial charge in [-0.1, -0.05) is 17.7 Å². The number of rotatable bonds is 9. The lowest BCUT2D eigenvalue weighted by Crippen LogP contribution is -2.25. The molecule has 0 aliphatic carbocycles. The number of hydrogen-bond donors (Lipinski definition) is 1. The molecule has 25 heavy (non-hydrogen) atoms. The largest absolute Gasteiger partial charge is 0.494 e. The zero-order valence-corrected chi connectivity index (χ0v) is 14.7. The van der Waals surface area contributed by atoms with Crippen molar-refractivity contribution in [1.29, 1.82) is 0 Å². The van der Waals surface area contributed by atoms with Gasteiger partial charge in [-0.2, -0.15) is 0 Å². The lowest BCUT2D eigenvalue weighted by atomic mass is 10.2. The monoisotopic (exact) mass is 364 g/mol. The second-order valence-corrected chi connectivity index (χ2v) is 7.28. The summed E-state index contributed by atoms with van der Waals surface area (Å²) in [6, 6.07) is 12.5. The molecule has 1 N–H and O–H groups in total. The SMILES string of the molecule is Cc1ccc(S(=O)(=O)NCCCCOc2ccc([N+](=O)[O-])cc2)cc1. The summed E-state index contributed by atoms with van der Waals surface area (Å²) in [6.45, 7) is 2.62. The molecule has 0 aliphatic rings. The van der Waals surface area contributed by atoms with Crippen molar-refractivity contribution < 1.29 is 18.1 Å². The van der Waals surface area contributed by atoms with Crippen molar-refractivity contribution in [1.82, 2.24) is 4.72 Å². The summed E-state index contributed by atoms with van der Waals surface area (Å²) in [6.07, 6.45) is 1.28. The smallest absolute Gasteiger partial charge is 0.269 e. The number of ether oxygens (including phenoxy) is 1. The number of hydrogen-bond acceptors (Lipinski definition) is 5. The molecule has 0 saturated heterocycles. The number of nitro groups is 1. The van der Waals surface area contributed by atoms with Crippen LogP contribution in [-0.4, -0.2) is 26.5 Å². The van der Waals surface area contributed by atoms with Gasteiger partial charge in [0.25, 0.3) is 5.69 Å². The van der Waals surface area contributed by atoms with Crippen LogP contribution in [0.4, 0.5) is 5.69 Å². The molecule has 0 radical (unpaired) electrons. The summed E-state index contributed by atoms with van der Waals surface area (Å²) in [5.41, 5.74) is 1.01. The molecule has 0 aliphatic heterocycles. The van der Waals surface area contributed by atoms with Gasteiger partial charge in [-0.25, -0.2) is 13.1 Å². The van der Waals surface area contributed by atoms with E-state index in [-0.39, 0.29) is 10.6 Å². The normalized spacial score (nSPS) is 11.2. The third-order valence-corrected chi connectivity index (χ3v) is 4.99. The Balaban J connectivity index is 1.69. The molecule has 2 rings (SSSR count). The summed E-state index contributed by atoms with van der Waals surface area (Å²) in [5.74, 6) is 0.547. The topological polar surface area (TPSA) is 98.5 Å². The summed E-state index contributed by atoms with van der Waals surface area (Å²) >= 11 is 0. The third kappa shape index (κ3) is 5.84. The molecular formula is C17H20N2O5S. The van der Waals surface area contributed by atoms with Crippen molar-refractivity contribution in [2.45, 2.75) is 24.7 Å². The number of nitrogens with one attached hydrogen (secondary N) is 1. The van der Waals surface area contributed by atoms with Crippen LogP contribution in [0.2, 0.25) is 0 Å². The van der Waals surface area contributed by atoms with Crippen LogP contribution < -0.4 is 9.46 Å². The number of aryl methyl sites for hydroxylation is 1. The molecule has 0 atom stereocenters. The molecule has 2 aromatic carbocycles. The minimum atomic E-state index is -3.48. The molecule has 0 heterocycles. The van der Waals surface area contributed by atoms with Gasteiger partial charge in [0.2, 0.25) is 10.0 Å². The second kappa shape index (κ2) is 8.59.